The number of halogens is 1. The van der Waals surface area contributed by atoms with Crippen molar-refractivity contribution in [1.29, 1.82) is 0 Å². The molecule has 3 unspecified atom stereocenters. The van der Waals surface area contributed by atoms with Crippen molar-refractivity contribution in [2.24, 2.45) is 11.8 Å². The summed E-state index contributed by atoms with van der Waals surface area (Å²) in [5, 5.41) is 10.6. The number of carbonyl (C=O) groups is 3. The van der Waals surface area contributed by atoms with Crippen LogP contribution in [-0.2, 0) is 20.8 Å². The van der Waals surface area contributed by atoms with E-state index in [-0.39, 0.29) is 41.0 Å². The lowest BCUT2D eigenvalue weighted by molar-refractivity contribution is -0.145. The molecule has 2 bridgehead atoms. The first kappa shape index (κ1) is 35.2. The summed E-state index contributed by atoms with van der Waals surface area (Å²) in [7, 11) is 0. The number of amides is 3. The summed E-state index contributed by atoms with van der Waals surface area (Å²) in [5.41, 5.74) is 1.65. The van der Waals surface area contributed by atoms with Gasteiger partial charge in [-0.15, -0.1) is 24.9 Å². The van der Waals surface area contributed by atoms with Crippen molar-refractivity contribution >= 4 is 51.1 Å². The van der Waals surface area contributed by atoms with Crippen molar-refractivity contribution < 1.29 is 24.2 Å². The summed E-state index contributed by atoms with van der Waals surface area (Å²) in [4.78, 5) is 49.5. The van der Waals surface area contributed by atoms with E-state index in [0.717, 1.165) is 18.4 Å². The van der Waals surface area contributed by atoms with Gasteiger partial charge in [0.05, 0.1) is 35.8 Å². The van der Waals surface area contributed by atoms with Crippen molar-refractivity contribution in [3.8, 4) is 5.75 Å². The fraction of sp³-hybridized carbons (Fsp3) is 0.486. The number of aliphatic hydroxyl groups excluding tert-OH is 1. The summed E-state index contributed by atoms with van der Waals surface area (Å²) in [5.74, 6) is -1.22. The standard InChI is InChI=1S/C37H46BrN3O5S/c1-5-9-21-39(19-6-2)36(45)33-37-23-29(38)32(47-37)30(34(43)40(20-7-3)26-15-17-28(18-16-26)46-8-4)31(37)35(44)41(33)27(24-42)22-25-13-11-10-12-14-25/h6-7,10-18,27,29-33,42H,2-3,5,8-9,19-24H2,1,4H3/t27-,29?,30-,31+,32-,33?,37?/m1/s1. The van der Waals surface area contributed by atoms with Crippen LogP contribution in [-0.4, -0.2) is 92.4 Å². The normalized spacial score (nSPS) is 26.5. The van der Waals surface area contributed by atoms with Crippen LogP contribution in [0, 0.1) is 11.8 Å². The average Bonchev–Trinajstić information content (AvgIpc) is 3.68. The van der Waals surface area contributed by atoms with E-state index in [0.29, 0.717) is 44.0 Å². The molecule has 3 aliphatic rings. The monoisotopic (exact) mass is 723 g/mol. The number of hydrogen-bond acceptors (Lipinski definition) is 6. The highest BCUT2D eigenvalue weighted by Crippen LogP contribution is 2.68. The fourth-order valence-corrected chi connectivity index (χ4v) is 11.2. The molecule has 1 spiro atoms. The second-order valence-electron chi connectivity index (χ2n) is 12.5. The van der Waals surface area contributed by atoms with Crippen molar-refractivity contribution in [3.63, 3.8) is 0 Å². The van der Waals surface area contributed by atoms with Gasteiger partial charge in [0.15, 0.2) is 0 Å². The minimum atomic E-state index is -0.832. The number of ether oxygens (including phenoxy) is 1. The molecule has 1 N–H and O–H groups in total. The van der Waals surface area contributed by atoms with Crippen LogP contribution in [0.3, 0.4) is 0 Å². The van der Waals surface area contributed by atoms with E-state index in [1.165, 1.54) is 0 Å². The number of aliphatic hydroxyl groups is 1. The Labute approximate surface area is 291 Å². The second kappa shape index (κ2) is 15.4. The minimum Gasteiger partial charge on any atom is -0.494 e. The Morgan fingerprint density at radius 1 is 1.11 bits per heavy atom. The molecule has 0 aliphatic carbocycles. The number of thioether (sulfide) groups is 1. The fourth-order valence-electron chi connectivity index (χ4n) is 7.65. The summed E-state index contributed by atoms with van der Waals surface area (Å²) in [6.45, 7) is 13.2. The number of alkyl halides is 1. The highest BCUT2D eigenvalue weighted by Gasteiger charge is 2.76. The Balaban J connectivity index is 1.58. The zero-order valence-corrected chi connectivity index (χ0v) is 29.7. The van der Waals surface area contributed by atoms with E-state index in [9.17, 15) is 19.5 Å². The molecule has 2 aromatic rings. The summed E-state index contributed by atoms with van der Waals surface area (Å²) in [6.07, 6.45) is 6.11. The van der Waals surface area contributed by atoms with Crippen LogP contribution >= 0.6 is 27.7 Å². The first-order chi connectivity index (χ1) is 22.8. The van der Waals surface area contributed by atoms with Gasteiger partial charge in [-0.1, -0.05) is 71.8 Å². The highest BCUT2D eigenvalue weighted by molar-refractivity contribution is 9.09. The van der Waals surface area contributed by atoms with Crippen molar-refractivity contribution in [2.45, 2.75) is 66.4 Å². The van der Waals surface area contributed by atoms with Crippen LogP contribution in [0.2, 0.25) is 0 Å². The molecule has 0 radical (unpaired) electrons. The molecule has 2 aromatic carbocycles. The average molecular weight is 725 g/mol. The molecular weight excluding hydrogens is 678 g/mol. The molecular formula is C37H46BrN3O5S. The smallest absolute Gasteiger partial charge is 0.247 e. The van der Waals surface area contributed by atoms with Gasteiger partial charge in [0, 0.05) is 35.4 Å². The Kier molecular flexibility index (Phi) is 11.6. The van der Waals surface area contributed by atoms with Gasteiger partial charge in [0.25, 0.3) is 0 Å². The number of benzene rings is 2. The molecule has 0 saturated carbocycles. The van der Waals surface area contributed by atoms with Crippen molar-refractivity contribution in [1.82, 2.24) is 9.80 Å². The van der Waals surface area contributed by atoms with Gasteiger partial charge < -0.3 is 24.5 Å². The van der Waals surface area contributed by atoms with Gasteiger partial charge >= 0.3 is 0 Å². The van der Waals surface area contributed by atoms with Crippen molar-refractivity contribution in [3.05, 3.63) is 85.5 Å². The van der Waals surface area contributed by atoms with Crippen LogP contribution < -0.4 is 9.64 Å². The quantitative estimate of drug-likeness (QED) is 0.182. The zero-order valence-electron chi connectivity index (χ0n) is 27.3. The predicted octanol–water partition coefficient (Wildman–Crippen LogP) is 5.49. The van der Waals surface area contributed by atoms with Gasteiger partial charge in [-0.3, -0.25) is 14.4 Å². The second-order valence-corrected chi connectivity index (χ2v) is 15.2. The highest BCUT2D eigenvalue weighted by atomic mass is 79.9. The molecule has 3 amide bonds. The van der Waals surface area contributed by atoms with Gasteiger partial charge in [-0.05, 0) is 56.0 Å². The molecule has 3 fully saturated rings. The number of likely N-dealkylation sites (tertiary alicyclic amines) is 1. The largest absolute Gasteiger partial charge is 0.494 e. The van der Waals surface area contributed by atoms with Gasteiger partial charge in [-0.2, -0.15) is 0 Å². The topological polar surface area (TPSA) is 90.4 Å². The number of unbranched alkanes of at least 4 members (excludes halogenated alkanes) is 1. The first-order valence-corrected chi connectivity index (χ1v) is 18.4. The van der Waals surface area contributed by atoms with Gasteiger partial charge in [0.2, 0.25) is 17.7 Å². The lowest BCUT2D eigenvalue weighted by Gasteiger charge is -2.40. The SMILES string of the molecule is C=CCN(CCCC)C(=O)C1N([C@@H](CO)Cc2ccccc2)C(=O)[C@@H]2[C@@H](C(=O)N(CC=C)c3ccc(OCC)cc3)[C@@H]3SC12CC3Br. The van der Waals surface area contributed by atoms with Crippen LogP contribution in [0.5, 0.6) is 5.75 Å². The molecule has 252 valence electrons. The Bertz CT molecular complexity index is 1440. The molecule has 5 rings (SSSR count). The maximum Gasteiger partial charge on any atom is 0.247 e. The number of hydrogen-bond donors (Lipinski definition) is 1. The Hall–Kier alpha value is -3.08. The van der Waals surface area contributed by atoms with E-state index in [4.69, 9.17) is 4.74 Å². The van der Waals surface area contributed by atoms with E-state index in [2.05, 4.69) is 36.0 Å². The predicted molar refractivity (Wildman–Crippen MR) is 192 cm³/mol. The van der Waals surface area contributed by atoms with Gasteiger partial charge in [-0.25, -0.2) is 0 Å². The third-order valence-electron chi connectivity index (χ3n) is 9.64. The number of nitrogens with zero attached hydrogens (tertiary/aromatic N) is 3. The summed E-state index contributed by atoms with van der Waals surface area (Å²) >= 11 is 5.51. The lowest BCUT2D eigenvalue weighted by atomic mass is 9.70. The maximum absolute atomic E-state index is 14.9. The number of carbonyl (C=O) groups excluding carboxylic acids is 3. The third-order valence-corrected chi connectivity index (χ3v) is 12.9. The van der Waals surface area contributed by atoms with E-state index in [1.54, 1.807) is 38.6 Å². The molecule has 10 heteroatoms. The Morgan fingerprint density at radius 3 is 2.43 bits per heavy atom. The van der Waals surface area contributed by atoms with Crippen LogP contribution in [0.25, 0.3) is 0 Å². The number of rotatable bonds is 16. The van der Waals surface area contributed by atoms with Crippen LogP contribution in [0.15, 0.2) is 79.9 Å². The molecule has 8 nitrogen and oxygen atoms in total. The summed E-state index contributed by atoms with van der Waals surface area (Å²) in [6, 6.07) is 15.6. The minimum absolute atomic E-state index is 0.0724. The zero-order chi connectivity index (χ0) is 33.7. The Morgan fingerprint density at radius 2 is 1.81 bits per heavy atom. The molecule has 7 atom stereocenters. The molecule has 3 aliphatic heterocycles. The first-order valence-electron chi connectivity index (χ1n) is 16.6. The van der Waals surface area contributed by atoms with E-state index in [1.807, 2.05) is 61.5 Å². The number of fused-ring (bicyclic) bond motifs is 1. The van der Waals surface area contributed by atoms with Crippen LogP contribution in [0.4, 0.5) is 5.69 Å². The van der Waals surface area contributed by atoms with E-state index < -0.39 is 28.7 Å². The maximum atomic E-state index is 14.9. The molecule has 0 aromatic heterocycles. The molecule has 47 heavy (non-hydrogen) atoms. The van der Waals surface area contributed by atoms with E-state index >= 15 is 0 Å². The van der Waals surface area contributed by atoms with Gasteiger partial charge in [0.1, 0.15) is 11.8 Å². The number of anilines is 1. The molecule has 3 heterocycles. The van der Waals surface area contributed by atoms with Crippen LogP contribution in [0.1, 0.15) is 38.7 Å². The van der Waals surface area contributed by atoms with Crippen molar-refractivity contribution in [2.75, 3.05) is 37.7 Å². The third kappa shape index (κ3) is 6.65. The summed E-state index contributed by atoms with van der Waals surface area (Å²) < 4.78 is 4.79. The molecule has 3 saturated heterocycles. The lowest BCUT2D eigenvalue weighted by Crippen LogP contribution is -2.58.